The van der Waals surface area contributed by atoms with Crippen molar-refractivity contribution < 1.29 is 32.9 Å². The van der Waals surface area contributed by atoms with Gasteiger partial charge in [0, 0.05) is 37.7 Å². The van der Waals surface area contributed by atoms with Gasteiger partial charge >= 0.3 is 5.97 Å². The van der Waals surface area contributed by atoms with E-state index in [-0.39, 0.29) is 53.2 Å². The number of nitriles is 1. The highest BCUT2D eigenvalue weighted by Crippen LogP contribution is 2.28. The van der Waals surface area contributed by atoms with Gasteiger partial charge in [-0.1, -0.05) is 0 Å². The van der Waals surface area contributed by atoms with E-state index < -0.39 is 17.6 Å². The van der Waals surface area contributed by atoms with E-state index in [1.807, 2.05) is 10.6 Å². The van der Waals surface area contributed by atoms with Crippen molar-refractivity contribution in [3.63, 3.8) is 0 Å². The number of likely N-dealkylation sites (tertiary alicyclic amines) is 1. The highest BCUT2D eigenvalue weighted by atomic mass is 19.1. The van der Waals surface area contributed by atoms with Gasteiger partial charge in [-0.2, -0.15) is 10.2 Å². The quantitative estimate of drug-likeness (QED) is 0.281. The average molecular weight is 606 g/mol. The highest BCUT2D eigenvalue weighted by molar-refractivity contribution is 5.92. The van der Waals surface area contributed by atoms with E-state index in [0.29, 0.717) is 56.3 Å². The molecule has 2 aliphatic rings. The van der Waals surface area contributed by atoms with Crippen molar-refractivity contribution in [2.45, 2.75) is 64.1 Å². The van der Waals surface area contributed by atoms with Crippen molar-refractivity contribution in [3.8, 4) is 17.8 Å². The van der Waals surface area contributed by atoms with Crippen molar-refractivity contribution in [3.05, 3.63) is 71.1 Å². The van der Waals surface area contributed by atoms with Crippen molar-refractivity contribution in [1.82, 2.24) is 29.4 Å². The molecular formula is C30H29F2N7O5. The second-order valence-corrected chi connectivity index (χ2v) is 10.9. The van der Waals surface area contributed by atoms with Crippen LogP contribution in [0.25, 0.3) is 11.0 Å². The number of halogens is 2. The predicted octanol–water partition coefficient (Wildman–Crippen LogP) is 3.87. The van der Waals surface area contributed by atoms with Crippen molar-refractivity contribution in [1.29, 1.82) is 5.26 Å². The van der Waals surface area contributed by atoms with Crippen molar-refractivity contribution >= 4 is 17.0 Å². The number of ether oxygens (including phenoxy) is 3. The largest absolute Gasteiger partial charge is 0.478 e. The Morgan fingerprint density at radius 2 is 2.05 bits per heavy atom. The van der Waals surface area contributed by atoms with Gasteiger partial charge in [0.2, 0.25) is 5.88 Å². The van der Waals surface area contributed by atoms with Crippen LogP contribution in [0.1, 0.15) is 53.8 Å². The van der Waals surface area contributed by atoms with Crippen molar-refractivity contribution in [2.24, 2.45) is 0 Å². The lowest BCUT2D eigenvalue weighted by atomic mass is 10.0. The predicted molar refractivity (Wildman–Crippen MR) is 150 cm³/mol. The van der Waals surface area contributed by atoms with Gasteiger partial charge in [0.15, 0.2) is 17.5 Å². The van der Waals surface area contributed by atoms with Gasteiger partial charge in [0.25, 0.3) is 5.88 Å². The molecule has 3 atom stereocenters. The van der Waals surface area contributed by atoms with Crippen LogP contribution in [0.5, 0.6) is 11.8 Å². The maximum atomic E-state index is 14.9. The molecule has 6 rings (SSSR count). The van der Waals surface area contributed by atoms with Gasteiger partial charge in [-0.15, -0.1) is 0 Å². The van der Waals surface area contributed by atoms with Crippen LogP contribution >= 0.6 is 0 Å². The molecular weight excluding hydrogens is 576 g/mol. The molecule has 0 saturated carbocycles. The number of pyridine rings is 1. The summed E-state index contributed by atoms with van der Waals surface area (Å²) in [4.78, 5) is 30.8. The Kier molecular flexibility index (Phi) is 8.32. The third-order valence-corrected chi connectivity index (χ3v) is 7.87. The fraction of sp³-hybridized carbons (Fsp3) is 0.400. The number of hydrogen-bond acceptors (Lipinski definition) is 10. The standard InChI is InChI=1S/C30H29F2N7O5/c1-17-8-20(44-27-2-5-34-25(36-27)16-43-29-23(32)9-18(12-33)13-35-29)3-6-38(17)15-26-37-28-22(31)10-19(30(40)41)11-24(28)39(26)14-21-4-7-42-21/h2,5,9-11,13,17,20-21H,3-4,6-8,14-16H2,1H3,(H,40,41)/t17-,20-,21-/m0/s1. The molecule has 1 aromatic carbocycles. The number of rotatable bonds is 10. The van der Waals surface area contributed by atoms with Crippen LogP contribution in [0.3, 0.4) is 0 Å². The molecule has 2 aliphatic heterocycles. The van der Waals surface area contributed by atoms with Gasteiger partial charge < -0.3 is 23.9 Å². The first-order valence-electron chi connectivity index (χ1n) is 14.2. The lowest BCUT2D eigenvalue weighted by molar-refractivity contribution is -0.0593. The molecule has 0 amide bonds. The van der Waals surface area contributed by atoms with E-state index in [0.717, 1.165) is 18.6 Å². The summed E-state index contributed by atoms with van der Waals surface area (Å²) in [5.74, 6) is -1.57. The first kappa shape index (κ1) is 29.3. The molecule has 2 saturated heterocycles. The number of imidazole rings is 1. The molecule has 228 valence electrons. The molecule has 14 heteroatoms. The van der Waals surface area contributed by atoms with Crippen LogP contribution in [0.4, 0.5) is 8.78 Å². The lowest BCUT2D eigenvalue weighted by Crippen LogP contribution is -2.44. The molecule has 0 bridgehead atoms. The highest BCUT2D eigenvalue weighted by Gasteiger charge is 2.30. The lowest BCUT2D eigenvalue weighted by Gasteiger charge is -2.37. The molecule has 4 aromatic rings. The number of carboxylic acids is 1. The van der Waals surface area contributed by atoms with E-state index in [4.69, 9.17) is 19.5 Å². The van der Waals surface area contributed by atoms with Crippen LogP contribution in [0.2, 0.25) is 0 Å². The second kappa shape index (κ2) is 12.5. The number of hydrogen-bond donors (Lipinski definition) is 1. The zero-order valence-electron chi connectivity index (χ0n) is 23.8. The van der Waals surface area contributed by atoms with Gasteiger partial charge in [-0.25, -0.2) is 28.5 Å². The number of fused-ring (bicyclic) bond motifs is 1. The minimum absolute atomic E-state index is 0.0261. The summed E-state index contributed by atoms with van der Waals surface area (Å²) in [6, 6.07) is 7.07. The van der Waals surface area contributed by atoms with E-state index >= 15 is 0 Å². The van der Waals surface area contributed by atoms with Crippen molar-refractivity contribution in [2.75, 3.05) is 13.2 Å². The zero-order chi connectivity index (χ0) is 30.8. The summed E-state index contributed by atoms with van der Waals surface area (Å²) in [7, 11) is 0. The van der Waals surface area contributed by atoms with E-state index in [1.165, 1.54) is 18.5 Å². The number of carbonyl (C=O) groups is 1. The summed E-state index contributed by atoms with van der Waals surface area (Å²) in [5, 5.41) is 18.3. The monoisotopic (exact) mass is 605 g/mol. The summed E-state index contributed by atoms with van der Waals surface area (Å²) < 4.78 is 48.1. The van der Waals surface area contributed by atoms with E-state index in [1.54, 1.807) is 6.07 Å². The third-order valence-electron chi connectivity index (χ3n) is 7.87. The minimum atomic E-state index is -1.20. The minimum Gasteiger partial charge on any atom is -0.478 e. The normalized spacial score (nSPS) is 20.2. The topological polar surface area (TPSA) is 149 Å². The Morgan fingerprint density at radius 3 is 2.75 bits per heavy atom. The van der Waals surface area contributed by atoms with Crippen LogP contribution in [-0.2, 0) is 24.4 Å². The molecule has 5 heterocycles. The molecule has 2 fully saturated rings. The van der Waals surface area contributed by atoms with E-state index in [2.05, 4.69) is 31.8 Å². The number of piperidine rings is 1. The Balaban J connectivity index is 1.10. The average Bonchev–Trinajstić information content (AvgIpc) is 3.33. The van der Waals surface area contributed by atoms with E-state index in [9.17, 15) is 18.7 Å². The first-order valence-corrected chi connectivity index (χ1v) is 14.2. The Hall–Kier alpha value is -4.74. The van der Waals surface area contributed by atoms with Gasteiger partial charge in [0.05, 0.1) is 35.8 Å². The van der Waals surface area contributed by atoms with Crippen LogP contribution in [0.15, 0.2) is 36.7 Å². The van der Waals surface area contributed by atoms with Gasteiger partial charge in [-0.05, 0) is 44.4 Å². The second-order valence-electron chi connectivity index (χ2n) is 10.9. The number of benzene rings is 1. The molecule has 12 nitrogen and oxygen atoms in total. The number of aromatic carboxylic acids is 1. The molecule has 1 N–H and O–H groups in total. The van der Waals surface area contributed by atoms with Gasteiger partial charge in [-0.3, -0.25) is 4.90 Å². The maximum absolute atomic E-state index is 14.9. The maximum Gasteiger partial charge on any atom is 0.335 e. The molecule has 0 aliphatic carbocycles. The Labute approximate surface area is 250 Å². The Morgan fingerprint density at radius 1 is 1.20 bits per heavy atom. The third kappa shape index (κ3) is 6.29. The Bertz CT molecular complexity index is 1740. The van der Waals surface area contributed by atoms with Gasteiger partial charge in [0.1, 0.15) is 30.1 Å². The zero-order valence-corrected chi connectivity index (χ0v) is 23.8. The van der Waals surface area contributed by atoms with Crippen LogP contribution < -0.4 is 9.47 Å². The summed E-state index contributed by atoms with van der Waals surface area (Å²) in [6.45, 7) is 4.21. The fourth-order valence-corrected chi connectivity index (χ4v) is 5.42. The van der Waals surface area contributed by atoms with Crippen LogP contribution in [0, 0.1) is 23.0 Å². The summed E-state index contributed by atoms with van der Waals surface area (Å²) in [6.07, 6.45) is 4.87. The number of carboxylic acid groups (broad SMARTS) is 1. The molecule has 3 aromatic heterocycles. The molecule has 0 spiro atoms. The SMILES string of the molecule is C[C@H]1C[C@@H](Oc2ccnc(COc3ncc(C#N)cc3F)n2)CCN1Cc1nc2c(F)cc(C(=O)O)cc2n1C[C@@H]1CCO1. The molecule has 0 unspecified atom stereocenters. The smallest absolute Gasteiger partial charge is 0.335 e. The summed E-state index contributed by atoms with van der Waals surface area (Å²) in [5.41, 5.74) is 0.560. The molecule has 0 radical (unpaired) electrons. The van der Waals surface area contributed by atoms with Crippen LogP contribution in [-0.4, -0.2) is 71.9 Å². The summed E-state index contributed by atoms with van der Waals surface area (Å²) >= 11 is 0. The number of aromatic nitrogens is 5. The first-order chi connectivity index (χ1) is 21.3. The number of nitrogens with zero attached hydrogens (tertiary/aromatic N) is 7. The molecule has 44 heavy (non-hydrogen) atoms. The fourth-order valence-electron chi connectivity index (χ4n) is 5.42.